The van der Waals surface area contributed by atoms with Crippen molar-refractivity contribution < 1.29 is 28.8 Å². The van der Waals surface area contributed by atoms with Crippen molar-refractivity contribution in [2.24, 2.45) is 13.0 Å². The van der Waals surface area contributed by atoms with Crippen LogP contribution in [-0.4, -0.2) is 122 Å². The summed E-state index contributed by atoms with van der Waals surface area (Å²) in [4.78, 5) is 93.5. The minimum Gasteiger partial charge on any atom is -0.361 e. The number of fused-ring (bicyclic) bond motifs is 3. The first-order valence-electron chi connectivity index (χ1n) is 17.8. The molecule has 1 aliphatic heterocycles. The lowest BCUT2D eigenvalue weighted by Crippen LogP contribution is -2.53. The lowest BCUT2D eigenvalue weighted by molar-refractivity contribution is -0.138. The van der Waals surface area contributed by atoms with E-state index in [9.17, 15) is 28.8 Å². The summed E-state index contributed by atoms with van der Waals surface area (Å²) >= 11 is 1.20. The fourth-order valence-corrected chi connectivity index (χ4v) is 7.22. The maximum atomic E-state index is 13.9. The number of benzene rings is 1. The number of thiazole rings is 1. The second kappa shape index (κ2) is 17.0. The molecule has 2 bridgehead atoms. The summed E-state index contributed by atoms with van der Waals surface area (Å²) in [6.07, 6.45) is 3.85. The summed E-state index contributed by atoms with van der Waals surface area (Å²) in [5.74, 6) is -2.87. The number of likely N-dealkylation sites (N-methyl/N-ethyl adjacent to an activating group) is 2. The molecule has 0 radical (unpaired) electrons. The van der Waals surface area contributed by atoms with E-state index in [1.54, 1.807) is 37.3 Å². The Bertz CT molecular complexity index is 2030. The number of nitrogens with zero attached hydrogens (tertiary/aromatic N) is 6. The average Bonchev–Trinajstić information content (AvgIpc) is 3.87. The Morgan fingerprint density at radius 3 is 2.35 bits per heavy atom. The number of amides is 6. The summed E-state index contributed by atoms with van der Waals surface area (Å²) in [6.45, 7) is 6.65. The molecule has 54 heavy (non-hydrogen) atoms. The Kier molecular flexibility index (Phi) is 12.5. The molecule has 3 aromatic heterocycles. The second-order valence-electron chi connectivity index (χ2n) is 14.1. The lowest BCUT2D eigenvalue weighted by atomic mass is 10.0. The van der Waals surface area contributed by atoms with Crippen LogP contribution in [-0.2, 0) is 32.6 Å². The van der Waals surface area contributed by atoms with Crippen molar-refractivity contribution >= 4 is 57.7 Å². The molecule has 0 fully saturated rings. The van der Waals surface area contributed by atoms with E-state index in [1.807, 2.05) is 38.1 Å². The van der Waals surface area contributed by atoms with Crippen LogP contribution in [0.1, 0.15) is 70.3 Å². The molecule has 0 spiro atoms. The Morgan fingerprint density at radius 1 is 0.926 bits per heavy atom. The minimum absolute atomic E-state index is 0.00890. The van der Waals surface area contributed by atoms with E-state index in [0.717, 1.165) is 16.5 Å². The van der Waals surface area contributed by atoms with Crippen molar-refractivity contribution in [1.82, 2.24) is 50.4 Å². The van der Waals surface area contributed by atoms with Crippen LogP contribution in [0.5, 0.6) is 0 Å². The number of hydrogen-bond donors (Lipinski definition) is 4. The molecular formula is C37H48N10O6S. The molecule has 288 valence electrons. The van der Waals surface area contributed by atoms with Crippen molar-refractivity contribution in [3.8, 4) is 0 Å². The zero-order valence-corrected chi connectivity index (χ0v) is 32.5. The molecule has 4 heterocycles. The van der Waals surface area contributed by atoms with E-state index in [2.05, 4.69) is 31.0 Å². The van der Waals surface area contributed by atoms with Gasteiger partial charge in [0, 0.05) is 68.8 Å². The van der Waals surface area contributed by atoms with E-state index in [-0.39, 0.29) is 44.2 Å². The van der Waals surface area contributed by atoms with Crippen LogP contribution in [0.15, 0.2) is 42.0 Å². The third kappa shape index (κ3) is 9.31. The molecule has 6 amide bonds. The molecule has 0 saturated carbocycles. The first-order valence-corrected chi connectivity index (χ1v) is 18.7. The first-order chi connectivity index (χ1) is 25.6. The van der Waals surface area contributed by atoms with Gasteiger partial charge in [0.2, 0.25) is 23.6 Å². The van der Waals surface area contributed by atoms with E-state index in [4.69, 9.17) is 0 Å². The summed E-state index contributed by atoms with van der Waals surface area (Å²) in [5.41, 5.74) is 2.66. The number of rotatable bonds is 5. The molecule has 1 aliphatic rings. The topological polar surface area (TPSA) is 195 Å². The van der Waals surface area contributed by atoms with Gasteiger partial charge in [0.1, 0.15) is 22.8 Å². The highest BCUT2D eigenvalue weighted by Crippen LogP contribution is 2.26. The predicted octanol–water partition coefficient (Wildman–Crippen LogP) is 1.79. The minimum atomic E-state index is -1.07. The summed E-state index contributed by atoms with van der Waals surface area (Å²) in [6, 6.07) is 4.98. The highest BCUT2D eigenvalue weighted by Gasteiger charge is 2.31. The number of carbonyl (C=O) groups is 6. The normalized spacial score (nSPS) is 20.2. The quantitative estimate of drug-likeness (QED) is 0.236. The molecule has 17 heteroatoms. The number of H-pyrrole nitrogens is 1. The fraction of sp³-hybridized carbons (Fsp3) is 0.459. The maximum absolute atomic E-state index is 13.9. The van der Waals surface area contributed by atoms with Crippen molar-refractivity contribution in [2.75, 3.05) is 40.3 Å². The van der Waals surface area contributed by atoms with Crippen molar-refractivity contribution in [1.29, 1.82) is 0 Å². The Labute approximate surface area is 317 Å². The zero-order chi connectivity index (χ0) is 39.3. The zero-order valence-electron chi connectivity index (χ0n) is 31.6. The van der Waals surface area contributed by atoms with Gasteiger partial charge in [-0.05, 0) is 37.8 Å². The predicted molar refractivity (Wildman–Crippen MR) is 202 cm³/mol. The van der Waals surface area contributed by atoms with Gasteiger partial charge in [-0.1, -0.05) is 32.0 Å². The third-order valence-electron chi connectivity index (χ3n) is 9.47. The van der Waals surface area contributed by atoms with Crippen LogP contribution < -0.4 is 16.0 Å². The Morgan fingerprint density at radius 2 is 1.65 bits per heavy atom. The molecule has 4 N–H and O–H groups in total. The lowest BCUT2D eigenvalue weighted by Gasteiger charge is -2.28. The molecule has 0 saturated heterocycles. The third-order valence-corrected chi connectivity index (χ3v) is 10.4. The van der Waals surface area contributed by atoms with Crippen LogP contribution in [0.25, 0.3) is 10.9 Å². The van der Waals surface area contributed by atoms with E-state index in [1.165, 1.54) is 46.2 Å². The molecule has 4 aromatic rings. The Hall–Kier alpha value is -5.58. The molecule has 1 aromatic carbocycles. The largest absolute Gasteiger partial charge is 0.361 e. The van der Waals surface area contributed by atoms with Gasteiger partial charge < -0.3 is 35.6 Å². The van der Waals surface area contributed by atoms with Gasteiger partial charge in [-0.25, -0.2) is 4.98 Å². The van der Waals surface area contributed by atoms with Gasteiger partial charge in [0.05, 0.1) is 30.9 Å². The SMILES string of the molecule is Cc1c(C(=O)N2CCN(C)C(=O)[C@H](C)NC(=O)CN(C)C(=O)[C@@H](Cc3c[nH]c4ccccc34)NC(=O)c3csc(n3)[C@H](CC(C)C)NC(=O)C2)cnn1C. The molecular weight excluding hydrogens is 713 g/mol. The standard InChI is InChI=1S/C37H48N10O6S/c1-21(2)14-28-34-43-30(20-54-34)33(50)42-29(15-24-16-38-27-11-9-8-10-25(24)27)37(53)45(6)18-31(48)40-22(3)35(51)44(5)12-13-47(19-32(49)41-28)36(52)26-17-39-46(7)23(26)4/h8-11,16-17,20-22,28-29,38H,12-15,18-19H2,1-7H3,(H,40,48)(H,41,49)(H,42,50)/t22-,28-,29+/m0/s1. The van der Waals surface area contributed by atoms with Gasteiger partial charge in [0.15, 0.2) is 0 Å². The van der Waals surface area contributed by atoms with Gasteiger partial charge in [-0.15, -0.1) is 11.3 Å². The smallest absolute Gasteiger partial charge is 0.271 e. The molecule has 0 unspecified atom stereocenters. The number of aromatic amines is 1. The second-order valence-corrected chi connectivity index (χ2v) is 15.0. The van der Waals surface area contributed by atoms with Gasteiger partial charge in [-0.2, -0.15) is 5.10 Å². The number of aromatic nitrogens is 4. The van der Waals surface area contributed by atoms with Crippen molar-refractivity contribution in [2.45, 2.75) is 58.7 Å². The maximum Gasteiger partial charge on any atom is 0.271 e. The number of para-hydroxylation sites is 1. The van der Waals surface area contributed by atoms with Crippen LogP contribution in [0, 0.1) is 12.8 Å². The van der Waals surface area contributed by atoms with Crippen molar-refractivity contribution in [3.63, 3.8) is 0 Å². The molecule has 16 nitrogen and oxygen atoms in total. The number of aryl methyl sites for hydroxylation is 1. The number of nitrogens with one attached hydrogen (secondary N) is 4. The van der Waals surface area contributed by atoms with Gasteiger partial charge in [-0.3, -0.25) is 33.4 Å². The van der Waals surface area contributed by atoms with Crippen LogP contribution in [0.3, 0.4) is 0 Å². The van der Waals surface area contributed by atoms with Gasteiger partial charge >= 0.3 is 0 Å². The average molecular weight is 761 g/mol. The van der Waals surface area contributed by atoms with Crippen LogP contribution in [0.4, 0.5) is 0 Å². The van der Waals surface area contributed by atoms with Crippen LogP contribution in [0.2, 0.25) is 0 Å². The van der Waals surface area contributed by atoms with E-state index < -0.39 is 53.6 Å². The first kappa shape index (κ1) is 39.6. The monoisotopic (exact) mass is 760 g/mol. The number of carbonyl (C=O) groups excluding carboxylic acids is 6. The Balaban J connectivity index is 1.47. The van der Waals surface area contributed by atoms with Crippen LogP contribution >= 0.6 is 11.3 Å². The summed E-state index contributed by atoms with van der Waals surface area (Å²) in [7, 11) is 4.72. The number of hydrogen-bond acceptors (Lipinski definition) is 9. The highest BCUT2D eigenvalue weighted by molar-refractivity contribution is 7.09. The molecule has 5 rings (SSSR count). The molecule has 0 aliphatic carbocycles. The summed E-state index contributed by atoms with van der Waals surface area (Å²) in [5, 5.41) is 15.6. The van der Waals surface area contributed by atoms with Crippen molar-refractivity contribution in [3.05, 3.63) is 69.6 Å². The summed E-state index contributed by atoms with van der Waals surface area (Å²) < 4.78 is 1.56. The van der Waals surface area contributed by atoms with Gasteiger partial charge in [0.25, 0.3) is 11.8 Å². The highest BCUT2D eigenvalue weighted by atomic mass is 32.1. The fourth-order valence-electron chi connectivity index (χ4n) is 6.36. The van der Waals surface area contributed by atoms with E-state index in [0.29, 0.717) is 22.7 Å². The van der Waals surface area contributed by atoms with E-state index >= 15 is 0 Å². The molecule has 3 atom stereocenters.